The van der Waals surface area contributed by atoms with Gasteiger partial charge in [-0.05, 0) is 30.2 Å². The van der Waals surface area contributed by atoms with Gasteiger partial charge in [-0.15, -0.1) is 0 Å². The largest absolute Gasteiger partial charge is 0.352 e. The molecule has 0 aliphatic carbocycles. The summed E-state index contributed by atoms with van der Waals surface area (Å²) in [7, 11) is -3.70. The maximum absolute atomic E-state index is 12.9. The molecule has 0 saturated heterocycles. The Hall–Kier alpha value is -2.32. The first kappa shape index (κ1) is 16.1. The molecule has 6 nitrogen and oxygen atoms in total. The second-order valence-electron chi connectivity index (χ2n) is 4.56. The van der Waals surface area contributed by atoms with Crippen LogP contribution in [0.25, 0.3) is 0 Å². The van der Waals surface area contributed by atoms with Gasteiger partial charge >= 0.3 is 0 Å². The van der Waals surface area contributed by atoms with E-state index in [4.69, 9.17) is 5.14 Å². The Bertz CT molecular complexity index is 776. The van der Waals surface area contributed by atoms with Crippen molar-refractivity contribution < 1.29 is 17.6 Å². The van der Waals surface area contributed by atoms with Crippen molar-refractivity contribution in [3.05, 3.63) is 59.7 Å². The van der Waals surface area contributed by atoms with E-state index in [1.54, 1.807) is 12.1 Å². The van der Waals surface area contributed by atoms with Crippen LogP contribution in [-0.4, -0.2) is 25.9 Å². The van der Waals surface area contributed by atoms with E-state index in [1.807, 2.05) is 0 Å². The van der Waals surface area contributed by atoms with Crippen molar-refractivity contribution in [3.63, 3.8) is 0 Å². The Morgan fingerprint density at radius 1 is 1.23 bits per heavy atom. The molecule has 0 spiro atoms. The van der Waals surface area contributed by atoms with Crippen LogP contribution in [0.15, 0.2) is 47.5 Å². The topological polar surface area (TPSA) is 102 Å². The van der Waals surface area contributed by atoms with E-state index in [9.17, 15) is 17.6 Å². The van der Waals surface area contributed by atoms with E-state index in [0.29, 0.717) is 13.0 Å². The molecule has 8 heteroatoms. The number of hydrogen-bond acceptors (Lipinski definition) is 4. The maximum Gasteiger partial charge on any atom is 0.251 e. The molecule has 22 heavy (non-hydrogen) atoms. The predicted octanol–water partition coefficient (Wildman–Crippen LogP) is 0.841. The maximum atomic E-state index is 12.9. The van der Waals surface area contributed by atoms with Crippen LogP contribution in [0.5, 0.6) is 0 Å². The minimum atomic E-state index is -3.70. The number of nitrogens with zero attached hydrogens (tertiary/aromatic N) is 1. The van der Waals surface area contributed by atoms with Crippen molar-refractivity contribution in [1.29, 1.82) is 0 Å². The molecule has 0 aliphatic heterocycles. The normalized spacial score (nSPS) is 11.2. The zero-order valence-electron chi connectivity index (χ0n) is 11.5. The molecule has 0 aliphatic rings. The van der Waals surface area contributed by atoms with Crippen LogP contribution in [0.4, 0.5) is 4.39 Å². The predicted molar refractivity (Wildman–Crippen MR) is 78.0 cm³/mol. The lowest BCUT2D eigenvalue weighted by Gasteiger charge is -2.06. The van der Waals surface area contributed by atoms with Crippen molar-refractivity contribution in [3.8, 4) is 0 Å². The number of nitrogens with one attached hydrogen (secondary N) is 1. The Morgan fingerprint density at radius 3 is 2.50 bits per heavy atom. The monoisotopic (exact) mass is 323 g/mol. The molecule has 1 amide bonds. The third-order valence-electron chi connectivity index (χ3n) is 2.94. The van der Waals surface area contributed by atoms with Gasteiger partial charge in [-0.2, -0.15) is 4.39 Å². The Balaban J connectivity index is 1.90. The molecule has 2 rings (SSSR count). The van der Waals surface area contributed by atoms with Gasteiger partial charge in [0.15, 0.2) is 0 Å². The van der Waals surface area contributed by atoms with Crippen LogP contribution in [0, 0.1) is 5.95 Å². The zero-order valence-corrected chi connectivity index (χ0v) is 12.3. The molecule has 3 N–H and O–H groups in total. The van der Waals surface area contributed by atoms with Gasteiger partial charge in [-0.3, -0.25) is 4.79 Å². The molecule has 0 bridgehead atoms. The van der Waals surface area contributed by atoms with E-state index in [1.165, 1.54) is 24.4 Å². The number of benzene rings is 1. The molecular formula is C14H14FN3O3S. The smallest absolute Gasteiger partial charge is 0.251 e. The quantitative estimate of drug-likeness (QED) is 0.796. The average molecular weight is 323 g/mol. The van der Waals surface area contributed by atoms with Crippen molar-refractivity contribution in [2.24, 2.45) is 5.14 Å². The molecule has 0 fully saturated rings. The molecule has 116 valence electrons. The molecule has 0 unspecified atom stereocenters. The molecule has 1 aromatic heterocycles. The second-order valence-corrected chi connectivity index (χ2v) is 6.12. The second kappa shape index (κ2) is 6.63. The van der Waals surface area contributed by atoms with Gasteiger partial charge in [0, 0.05) is 24.4 Å². The highest BCUT2D eigenvalue weighted by Crippen LogP contribution is 2.09. The first-order valence-electron chi connectivity index (χ1n) is 6.38. The van der Waals surface area contributed by atoms with Crippen molar-refractivity contribution in [2.45, 2.75) is 11.3 Å². The molecular weight excluding hydrogens is 309 g/mol. The number of carbonyl (C=O) groups is 1. The number of pyridine rings is 1. The molecule has 0 atom stereocenters. The van der Waals surface area contributed by atoms with E-state index in [2.05, 4.69) is 10.3 Å². The van der Waals surface area contributed by atoms with Crippen LogP contribution < -0.4 is 10.5 Å². The fourth-order valence-electron chi connectivity index (χ4n) is 1.81. The van der Waals surface area contributed by atoms with E-state index in [0.717, 1.165) is 11.6 Å². The first-order valence-corrected chi connectivity index (χ1v) is 7.92. The highest BCUT2D eigenvalue weighted by molar-refractivity contribution is 7.89. The number of hydrogen-bond donors (Lipinski definition) is 2. The lowest BCUT2D eigenvalue weighted by molar-refractivity contribution is 0.0953. The summed E-state index contributed by atoms with van der Waals surface area (Å²) in [6.07, 6.45) is 1.72. The van der Waals surface area contributed by atoms with Gasteiger partial charge in [0.1, 0.15) is 0 Å². The van der Waals surface area contributed by atoms with E-state index in [-0.39, 0.29) is 10.5 Å². The Labute approximate surface area is 127 Å². The number of sulfonamides is 1. The fraction of sp³-hybridized carbons (Fsp3) is 0.143. The highest BCUT2D eigenvalue weighted by atomic mass is 32.2. The third kappa shape index (κ3) is 4.34. The number of carbonyl (C=O) groups excluding carboxylic acids is 1. The number of rotatable bonds is 5. The number of halogens is 1. The number of primary sulfonamides is 1. The third-order valence-corrected chi connectivity index (χ3v) is 3.87. The van der Waals surface area contributed by atoms with Crippen LogP contribution in [0.2, 0.25) is 0 Å². The molecule has 2 aromatic rings. The van der Waals surface area contributed by atoms with Crippen LogP contribution in [0.1, 0.15) is 15.9 Å². The molecule has 0 saturated carbocycles. The van der Waals surface area contributed by atoms with Gasteiger partial charge in [0.05, 0.1) is 4.90 Å². The van der Waals surface area contributed by atoms with Gasteiger partial charge in [0.25, 0.3) is 5.91 Å². The fourth-order valence-corrected chi connectivity index (χ4v) is 2.33. The summed E-state index contributed by atoms with van der Waals surface area (Å²) in [5.74, 6) is -1.12. The van der Waals surface area contributed by atoms with Crippen LogP contribution in [-0.2, 0) is 16.4 Å². The summed E-state index contributed by atoms with van der Waals surface area (Å²) in [5.41, 5.74) is 1.03. The van der Waals surface area contributed by atoms with Gasteiger partial charge in [-0.1, -0.05) is 12.1 Å². The SMILES string of the molecule is NS(=O)(=O)c1ccc(CCNC(=O)c2ccnc(F)c2)cc1. The van der Waals surface area contributed by atoms with Gasteiger partial charge < -0.3 is 5.32 Å². The minimum Gasteiger partial charge on any atom is -0.352 e. The van der Waals surface area contributed by atoms with Crippen molar-refractivity contribution in [2.75, 3.05) is 6.54 Å². The summed E-state index contributed by atoms with van der Waals surface area (Å²) < 4.78 is 35.1. The first-order chi connectivity index (χ1) is 10.4. The standard InChI is InChI=1S/C14H14FN3O3S/c15-13-9-11(6-8-17-13)14(19)18-7-5-10-1-3-12(4-2-10)22(16,20)21/h1-4,6,8-9H,5,7H2,(H,18,19)(H2,16,20,21). The van der Waals surface area contributed by atoms with Crippen LogP contribution >= 0.6 is 0 Å². The average Bonchev–Trinajstić information content (AvgIpc) is 2.47. The summed E-state index contributed by atoms with van der Waals surface area (Å²) in [6, 6.07) is 8.53. The van der Waals surface area contributed by atoms with Crippen molar-refractivity contribution in [1.82, 2.24) is 10.3 Å². The lowest BCUT2D eigenvalue weighted by atomic mass is 10.1. The molecule has 1 heterocycles. The minimum absolute atomic E-state index is 0.0348. The Kier molecular flexibility index (Phi) is 4.84. The van der Waals surface area contributed by atoms with E-state index < -0.39 is 21.9 Å². The Morgan fingerprint density at radius 2 is 1.91 bits per heavy atom. The van der Waals surface area contributed by atoms with Crippen LogP contribution in [0.3, 0.4) is 0 Å². The van der Waals surface area contributed by atoms with E-state index >= 15 is 0 Å². The summed E-state index contributed by atoms with van der Waals surface area (Å²) >= 11 is 0. The zero-order chi connectivity index (χ0) is 16.2. The van der Waals surface area contributed by atoms with Gasteiger partial charge in [0.2, 0.25) is 16.0 Å². The highest BCUT2D eigenvalue weighted by Gasteiger charge is 2.08. The molecule has 1 aromatic carbocycles. The summed E-state index contributed by atoms with van der Waals surface area (Å²) in [5, 5.41) is 7.65. The molecule has 0 radical (unpaired) electrons. The van der Waals surface area contributed by atoms with Gasteiger partial charge in [-0.25, -0.2) is 18.5 Å². The number of amides is 1. The van der Waals surface area contributed by atoms with Crippen molar-refractivity contribution >= 4 is 15.9 Å². The number of aromatic nitrogens is 1. The number of nitrogens with two attached hydrogens (primary N) is 1. The summed E-state index contributed by atoms with van der Waals surface area (Å²) in [6.45, 7) is 0.331. The summed E-state index contributed by atoms with van der Waals surface area (Å²) in [4.78, 5) is 15.2. The lowest BCUT2D eigenvalue weighted by Crippen LogP contribution is -2.25.